The summed E-state index contributed by atoms with van der Waals surface area (Å²) in [7, 11) is 0. The smallest absolute Gasteiger partial charge is 0.550 e. The Kier molecular flexibility index (Phi) is 81.3. The summed E-state index contributed by atoms with van der Waals surface area (Å²) in [5.41, 5.74) is 33.2. The zero-order chi connectivity index (χ0) is 29.7. The van der Waals surface area contributed by atoms with Crippen molar-refractivity contribution in [1.29, 1.82) is 0 Å². The molecule has 0 bridgehead atoms. The van der Waals surface area contributed by atoms with Gasteiger partial charge in [0.05, 0.1) is 45.8 Å². The summed E-state index contributed by atoms with van der Waals surface area (Å²) in [6.45, 7) is -2.39. The number of carboxylic acids is 4. The van der Waals surface area contributed by atoms with Gasteiger partial charge >= 0.3 is 39.0 Å². The van der Waals surface area contributed by atoms with Crippen molar-refractivity contribution < 1.29 is 113 Å². The van der Waals surface area contributed by atoms with Gasteiger partial charge in [-0.25, -0.2) is 0 Å². The fourth-order valence-electron chi connectivity index (χ4n) is 0.538. The molecule has 26 N–H and O–H groups in total. The number of carbonyl (C=O) groups is 7. The molecular formula is C14H40AlN7O18Zr. The van der Waals surface area contributed by atoms with Gasteiger partial charge in [-0.1, -0.05) is 0 Å². The maximum atomic E-state index is 10.8. The first-order chi connectivity index (χ1) is 16.6. The van der Waals surface area contributed by atoms with Crippen LogP contribution >= 0.6 is 0 Å². The van der Waals surface area contributed by atoms with E-state index in [4.69, 9.17) is 37.6 Å². The van der Waals surface area contributed by atoms with Gasteiger partial charge in [0.1, 0.15) is 0 Å². The van der Waals surface area contributed by atoms with E-state index < -0.39 is 76.6 Å². The van der Waals surface area contributed by atoms with E-state index in [-0.39, 0.29) is 74.3 Å². The van der Waals surface area contributed by atoms with Crippen LogP contribution in [-0.4, -0.2) is 145 Å². The molecule has 0 aromatic rings. The van der Waals surface area contributed by atoms with Crippen LogP contribution in [0.15, 0.2) is 0 Å². The summed E-state index contributed by atoms with van der Waals surface area (Å²) >= 11 is -3.25. The molecule has 0 aliphatic heterocycles. The van der Waals surface area contributed by atoms with Gasteiger partial charge in [-0.05, 0) is 0 Å². The predicted octanol–water partition coefficient (Wildman–Crippen LogP) is -10.7. The maximum Gasteiger partial charge on any atom is 1.20 e. The van der Waals surface area contributed by atoms with Crippen molar-refractivity contribution in [2.24, 2.45) is 40.1 Å². The molecule has 0 saturated carbocycles. The van der Waals surface area contributed by atoms with Crippen molar-refractivity contribution in [3.05, 3.63) is 0 Å². The number of carbonyl (C=O) groups excluding carboxylic acids is 3. The van der Waals surface area contributed by atoms with Crippen molar-refractivity contribution in [2.45, 2.75) is 0 Å². The molecule has 0 fully saturated rings. The molecular weight excluding hydrogens is 672 g/mol. The van der Waals surface area contributed by atoms with E-state index >= 15 is 0 Å². The minimum absolute atomic E-state index is 0. The number of hydrogen-bond acceptors (Lipinski definition) is 17. The van der Waals surface area contributed by atoms with Crippen LogP contribution in [0.25, 0.3) is 0 Å². The molecule has 0 amide bonds. The molecule has 0 atom stereocenters. The monoisotopic (exact) mass is 711 g/mol. The van der Waals surface area contributed by atoms with Gasteiger partial charge in [0.25, 0.3) is 17.9 Å². The van der Waals surface area contributed by atoms with Crippen molar-refractivity contribution in [2.75, 3.05) is 45.8 Å². The van der Waals surface area contributed by atoms with E-state index in [1.165, 1.54) is 0 Å². The SMILES string of the molecule is NCC(=O)O.NCC(=O)O.NCC(=O)O.NCC(=O)O.NCC(=O)[O][Al]([O]C(=O)CN)[O]C(=O)CN.O.O.O.O.[Zr]. The zero-order valence-corrected chi connectivity index (χ0v) is 25.1. The Bertz CT molecular complexity index is 581. The van der Waals surface area contributed by atoms with Gasteiger partial charge in [-0.15, -0.1) is 0 Å². The van der Waals surface area contributed by atoms with E-state index in [0.29, 0.717) is 0 Å². The number of carboxylic acid groups (broad SMARTS) is 4. The Hall–Kier alpha value is -2.73. The van der Waals surface area contributed by atoms with Crippen molar-refractivity contribution >= 4 is 56.9 Å². The van der Waals surface area contributed by atoms with Crippen molar-refractivity contribution in [3.63, 3.8) is 0 Å². The van der Waals surface area contributed by atoms with Crippen molar-refractivity contribution in [1.82, 2.24) is 0 Å². The third-order valence-corrected chi connectivity index (χ3v) is 3.25. The summed E-state index contributed by atoms with van der Waals surface area (Å²) in [4.78, 5) is 69.4. The van der Waals surface area contributed by atoms with E-state index in [1.807, 2.05) is 0 Å². The molecule has 0 aromatic carbocycles. The molecule has 246 valence electrons. The van der Waals surface area contributed by atoms with Crippen LogP contribution < -0.4 is 40.1 Å². The Labute approximate surface area is 255 Å². The second-order valence-electron chi connectivity index (χ2n) is 4.76. The summed E-state index contributed by atoms with van der Waals surface area (Å²) in [5, 5.41) is 30.4. The molecule has 0 rings (SSSR count). The molecule has 25 nitrogen and oxygen atoms in total. The van der Waals surface area contributed by atoms with Crippen LogP contribution in [0.5, 0.6) is 0 Å². The molecule has 0 saturated heterocycles. The number of rotatable bonds is 10. The number of nitrogens with two attached hydrogens (primary N) is 7. The first-order valence-electron chi connectivity index (χ1n) is 8.98. The molecule has 0 aliphatic rings. The topological polar surface area (TPSA) is 536 Å². The summed E-state index contributed by atoms with van der Waals surface area (Å²) in [5.74, 6) is -6.44. The molecule has 27 heteroatoms. The average molecular weight is 713 g/mol. The Morgan fingerprint density at radius 1 is 0.415 bits per heavy atom. The molecule has 41 heavy (non-hydrogen) atoms. The molecule has 0 spiro atoms. The number of aliphatic carboxylic acids is 4. The summed E-state index contributed by atoms with van der Waals surface area (Å²) < 4.78 is 13.6. The molecule has 0 heterocycles. The van der Waals surface area contributed by atoms with Crippen LogP contribution in [0.4, 0.5) is 0 Å². The van der Waals surface area contributed by atoms with Crippen molar-refractivity contribution in [3.8, 4) is 0 Å². The predicted molar refractivity (Wildman–Crippen MR) is 132 cm³/mol. The Morgan fingerprint density at radius 2 is 0.537 bits per heavy atom. The first-order valence-corrected chi connectivity index (χ1v) is 10.4. The minimum atomic E-state index is -3.25. The van der Waals surface area contributed by atoms with Crippen LogP contribution in [0.3, 0.4) is 0 Å². The van der Waals surface area contributed by atoms with E-state index in [0.717, 1.165) is 0 Å². The standard InChI is InChI=1S/7C2H5NO2.Al.4H2O.Zr/c7*3-1-2(4)5;;;;;;/h7*1,3H2,(H,4,5);;4*1H2;/q;;;;;;;+3;;;;;/p-3. The van der Waals surface area contributed by atoms with Gasteiger partial charge in [0.2, 0.25) is 0 Å². The van der Waals surface area contributed by atoms with Gasteiger partial charge in [-0.3, -0.25) is 33.6 Å². The second kappa shape index (κ2) is 50.1. The third-order valence-electron chi connectivity index (χ3n) is 1.88. The Balaban J connectivity index is -0.0000000405. The maximum absolute atomic E-state index is 10.8. The van der Waals surface area contributed by atoms with E-state index in [2.05, 4.69) is 34.3 Å². The second-order valence-corrected chi connectivity index (χ2v) is 6.05. The molecule has 0 unspecified atom stereocenters. The molecule has 0 radical (unpaired) electrons. The summed E-state index contributed by atoms with van der Waals surface area (Å²) in [6.07, 6.45) is 0. The first kappa shape index (κ1) is 66.5. The fourth-order valence-corrected chi connectivity index (χ4v) is 1.62. The minimum Gasteiger partial charge on any atom is -0.550 e. The molecule has 0 aliphatic carbocycles. The average Bonchev–Trinajstić information content (AvgIpc) is 2.84. The van der Waals surface area contributed by atoms with Crippen LogP contribution in [0.1, 0.15) is 0 Å². The fraction of sp³-hybridized carbons (Fsp3) is 0.500. The van der Waals surface area contributed by atoms with Gasteiger partial charge in [0, 0.05) is 26.2 Å². The van der Waals surface area contributed by atoms with Crippen LogP contribution in [0, 0.1) is 0 Å². The zero-order valence-electron chi connectivity index (χ0n) is 21.4. The number of hydrogen-bond donors (Lipinski definition) is 11. The largest absolute Gasteiger partial charge is 1.20 e. The van der Waals surface area contributed by atoms with Gasteiger partial charge < -0.3 is 93.8 Å². The van der Waals surface area contributed by atoms with Crippen LogP contribution in [-0.2, 0) is 71.1 Å². The quantitative estimate of drug-likeness (QED) is 0.0936. The van der Waals surface area contributed by atoms with Gasteiger partial charge in [0.15, 0.2) is 0 Å². The van der Waals surface area contributed by atoms with E-state index in [9.17, 15) is 33.6 Å². The van der Waals surface area contributed by atoms with E-state index in [1.54, 1.807) is 0 Å². The van der Waals surface area contributed by atoms with Crippen LogP contribution in [0.2, 0.25) is 0 Å². The molecule has 0 aromatic heterocycles. The Morgan fingerprint density at radius 3 is 0.610 bits per heavy atom. The van der Waals surface area contributed by atoms with Gasteiger partial charge in [-0.2, -0.15) is 0 Å². The third kappa shape index (κ3) is 85.6. The summed E-state index contributed by atoms with van der Waals surface area (Å²) in [6, 6.07) is 0. The normalized spacial score (nSPS) is 7.20.